The third kappa shape index (κ3) is 4.57. The Kier molecular flexibility index (Phi) is 4.93. The Labute approximate surface area is 136 Å². The van der Waals surface area contributed by atoms with E-state index in [9.17, 15) is 9.90 Å². The smallest absolute Gasteiger partial charge is 0.325 e. The first-order valence-corrected chi connectivity index (χ1v) is 7.95. The van der Waals surface area contributed by atoms with Crippen molar-refractivity contribution in [3.63, 3.8) is 0 Å². The van der Waals surface area contributed by atoms with Gasteiger partial charge in [-0.2, -0.15) is 0 Å². The van der Waals surface area contributed by atoms with Gasteiger partial charge in [-0.3, -0.25) is 10.1 Å². The van der Waals surface area contributed by atoms with Crippen LogP contribution in [0.5, 0.6) is 5.75 Å². The van der Waals surface area contributed by atoms with Crippen LogP contribution in [0.4, 0.5) is 0 Å². The molecule has 2 N–H and O–H groups in total. The molecule has 1 fully saturated rings. The highest BCUT2D eigenvalue weighted by Crippen LogP contribution is 2.29. The number of nitrogens with one attached hydrogen (secondary N) is 1. The molecule has 1 aliphatic rings. The van der Waals surface area contributed by atoms with Crippen LogP contribution in [0, 0.1) is 5.92 Å². The molecule has 2 aromatic carbocycles. The molecular weight excluding hydrogens is 290 g/mol. The monoisotopic (exact) mass is 311 g/mol. The SMILES string of the molecule is O=C(O)[C@@H](NCc1ccc(OCC2CC2)cc1)c1ccccc1. The lowest BCUT2D eigenvalue weighted by Gasteiger charge is -2.15. The van der Waals surface area contributed by atoms with Gasteiger partial charge in [0.1, 0.15) is 11.8 Å². The van der Waals surface area contributed by atoms with Crippen LogP contribution in [-0.4, -0.2) is 17.7 Å². The fourth-order valence-corrected chi connectivity index (χ4v) is 2.42. The number of carboxylic acids is 1. The molecule has 1 saturated carbocycles. The predicted molar refractivity (Wildman–Crippen MR) is 88.3 cm³/mol. The molecule has 0 aliphatic heterocycles. The summed E-state index contributed by atoms with van der Waals surface area (Å²) in [5, 5.41) is 12.5. The fraction of sp³-hybridized carbons (Fsp3) is 0.316. The molecule has 3 rings (SSSR count). The number of carbonyl (C=O) groups is 1. The Morgan fingerprint density at radius 1 is 1.13 bits per heavy atom. The lowest BCUT2D eigenvalue weighted by atomic mass is 10.1. The van der Waals surface area contributed by atoms with Crippen LogP contribution in [-0.2, 0) is 11.3 Å². The molecule has 0 aromatic heterocycles. The van der Waals surface area contributed by atoms with Crippen LogP contribution < -0.4 is 10.1 Å². The molecule has 2 aromatic rings. The lowest BCUT2D eigenvalue weighted by Crippen LogP contribution is -2.28. The molecule has 0 heterocycles. The molecule has 23 heavy (non-hydrogen) atoms. The quantitative estimate of drug-likeness (QED) is 0.784. The van der Waals surface area contributed by atoms with Gasteiger partial charge in [0, 0.05) is 6.54 Å². The highest BCUT2D eigenvalue weighted by molar-refractivity contribution is 5.75. The molecule has 1 aliphatic carbocycles. The number of hydrogen-bond donors (Lipinski definition) is 2. The van der Waals surface area contributed by atoms with Crippen molar-refractivity contribution in [2.75, 3.05) is 6.61 Å². The van der Waals surface area contributed by atoms with Crippen molar-refractivity contribution >= 4 is 5.97 Å². The van der Waals surface area contributed by atoms with E-state index in [1.54, 1.807) is 0 Å². The van der Waals surface area contributed by atoms with Crippen LogP contribution in [0.25, 0.3) is 0 Å². The van der Waals surface area contributed by atoms with Crippen LogP contribution in [0.1, 0.15) is 30.0 Å². The molecule has 120 valence electrons. The summed E-state index contributed by atoms with van der Waals surface area (Å²) in [6.07, 6.45) is 2.55. The van der Waals surface area contributed by atoms with E-state index < -0.39 is 12.0 Å². The number of carboxylic acid groups (broad SMARTS) is 1. The molecule has 0 unspecified atom stereocenters. The number of benzene rings is 2. The Bertz CT molecular complexity index is 635. The lowest BCUT2D eigenvalue weighted by molar-refractivity contribution is -0.139. The second-order valence-corrected chi connectivity index (χ2v) is 5.96. The van der Waals surface area contributed by atoms with Gasteiger partial charge in [0.2, 0.25) is 0 Å². The topological polar surface area (TPSA) is 58.6 Å². The summed E-state index contributed by atoms with van der Waals surface area (Å²) < 4.78 is 5.70. The highest BCUT2D eigenvalue weighted by atomic mass is 16.5. The molecule has 0 amide bonds. The Balaban J connectivity index is 1.56. The standard InChI is InChI=1S/C19H21NO3/c21-19(22)18(16-4-2-1-3-5-16)20-12-14-8-10-17(11-9-14)23-13-15-6-7-15/h1-5,8-11,15,18,20H,6-7,12-13H2,(H,21,22)/t18-/m0/s1. The van der Waals surface area contributed by atoms with Crippen LogP contribution in [0.3, 0.4) is 0 Å². The number of aliphatic carboxylic acids is 1. The van der Waals surface area contributed by atoms with E-state index in [-0.39, 0.29) is 0 Å². The van der Waals surface area contributed by atoms with Crippen LogP contribution in [0.2, 0.25) is 0 Å². The summed E-state index contributed by atoms with van der Waals surface area (Å²) in [6.45, 7) is 1.29. The third-order valence-electron chi connectivity index (χ3n) is 4.00. The van der Waals surface area contributed by atoms with Gasteiger partial charge >= 0.3 is 5.97 Å². The first-order valence-electron chi connectivity index (χ1n) is 7.95. The highest BCUT2D eigenvalue weighted by Gasteiger charge is 2.22. The Morgan fingerprint density at radius 2 is 1.83 bits per heavy atom. The fourth-order valence-electron chi connectivity index (χ4n) is 2.42. The zero-order valence-electron chi connectivity index (χ0n) is 12.9. The van der Waals surface area contributed by atoms with E-state index in [0.717, 1.165) is 29.4 Å². The minimum absolute atomic E-state index is 0.495. The molecule has 4 nitrogen and oxygen atoms in total. The largest absolute Gasteiger partial charge is 0.493 e. The molecular formula is C19H21NO3. The van der Waals surface area contributed by atoms with Crippen molar-refractivity contribution in [3.05, 3.63) is 65.7 Å². The first-order chi connectivity index (χ1) is 11.2. The zero-order chi connectivity index (χ0) is 16.1. The minimum Gasteiger partial charge on any atom is -0.493 e. The Morgan fingerprint density at radius 3 is 2.43 bits per heavy atom. The molecule has 0 radical (unpaired) electrons. The maximum atomic E-state index is 11.4. The summed E-state index contributed by atoms with van der Waals surface area (Å²) in [6, 6.07) is 16.3. The minimum atomic E-state index is -0.874. The van der Waals surface area contributed by atoms with Crippen molar-refractivity contribution < 1.29 is 14.6 Å². The van der Waals surface area contributed by atoms with Crippen LogP contribution in [0.15, 0.2) is 54.6 Å². The van der Waals surface area contributed by atoms with Gasteiger partial charge < -0.3 is 9.84 Å². The van der Waals surface area contributed by atoms with Gasteiger partial charge in [0.25, 0.3) is 0 Å². The summed E-state index contributed by atoms with van der Waals surface area (Å²) in [4.78, 5) is 11.4. The van der Waals surface area contributed by atoms with Gasteiger partial charge in [-0.15, -0.1) is 0 Å². The molecule has 0 bridgehead atoms. The van der Waals surface area contributed by atoms with E-state index in [1.807, 2.05) is 54.6 Å². The maximum Gasteiger partial charge on any atom is 0.325 e. The normalized spacial score (nSPS) is 15.1. The summed E-state index contributed by atoms with van der Waals surface area (Å²) >= 11 is 0. The van der Waals surface area contributed by atoms with Crippen molar-refractivity contribution in [2.24, 2.45) is 5.92 Å². The summed E-state index contributed by atoms with van der Waals surface area (Å²) in [5.41, 5.74) is 1.79. The number of ether oxygens (including phenoxy) is 1. The van der Waals surface area contributed by atoms with Gasteiger partial charge in [-0.1, -0.05) is 42.5 Å². The van der Waals surface area contributed by atoms with E-state index >= 15 is 0 Å². The van der Waals surface area contributed by atoms with Gasteiger partial charge in [0.15, 0.2) is 0 Å². The van der Waals surface area contributed by atoms with Crippen molar-refractivity contribution in [1.29, 1.82) is 0 Å². The van der Waals surface area contributed by atoms with Gasteiger partial charge in [-0.05, 0) is 42.0 Å². The first kappa shape index (κ1) is 15.6. The second kappa shape index (κ2) is 7.29. The third-order valence-corrected chi connectivity index (χ3v) is 4.00. The molecule has 0 saturated heterocycles. The van der Waals surface area contributed by atoms with Gasteiger partial charge in [-0.25, -0.2) is 0 Å². The maximum absolute atomic E-state index is 11.4. The van der Waals surface area contributed by atoms with E-state index in [0.29, 0.717) is 6.54 Å². The molecule has 4 heteroatoms. The second-order valence-electron chi connectivity index (χ2n) is 5.96. The average Bonchev–Trinajstić information content (AvgIpc) is 3.39. The summed E-state index contributed by atoms with van der Waals surface area (Å²) in [5.74, 6) is 0.734. The van der Waals surface area contributed by atoms with E-state index in [4.69, 9.17) is 4.74 Å². The van der Waals surface area contributed by atoms with Crippen molar-refractivity contribution in [1.82, 2.24) is 5.32 Å². The molecule has 1 atom stereocenters. The number of hydrogen-bond acceptors (Lipinski definition) is 3. The van der Waals surface area contributed by atoms with Crippen molar-refractivity contribution in [3.8, 4) is 5.75 Å². The predicted octanol–water partition coefficient (Wildman–Crippen LogP) is 3.39. The van der Waals surface area contributed by atoms with E-state index in [2.05, 4.69) is 5.32 Å². The summed E-state index contributed by atoms with van der Waals surface area (Å²) in [7, 11) is 0. The molecule has 0 spiro atoms. The Hall–Kier alpha value is -2.33. The number of rotatable bonds is 8. The average molecular weight is 311 g/mol. The van der Waals surface area contributed by atoms with Crippen LogP contribution >= 0.6 is 0 Å². The van der Waals surface area contributed by atoms with Gasteiger partial charge in [0.05, 0.1) is 6.61 Å². The van der Waals surface area contributed by atoms with E-state index in [1.165, 1.54) is 12.8 Å². The zero-order valence-corrected chi connectivity index (χ0v) is 12.9. The van der Waals surface area contributed by atoms with Crippen molar-refractivity contribution in [2.45, 2.75) is 25.4 Å².